The second-order valence-corrected chi connectivity index (χ2v) is 5.55. The molecule has 0 aromatic heterocycles. The largest absolute Gasteiger partial charge is 0.480 e. The lowest BCUT2D eigenvalue weighted by Gasteiger charge is -2.23. The van der Waals surface area contributed by atoms with Crippen LogP contribution in [0.4, 0.5) is 0 Å². The van der Waals surface area contributed by atoms with E-state index in [0.717, 1.165) is 0 Å². The van der Waals surface area contributed by atoms with Crippen LogP contribution < -0.4 is 22.1 Å². The van der Waals surface area contributed by atoms with E-state index < -0.39 is 48.2 Å². The van der Waals surface area contributed by atoms with Crippen LogP contribution in [0.15, 0.2) is 0 Å². The predicted octanol–water partition coefficient (Wildman–Crippen LogP) is -1.69. The van der Waals surface area contributed by atoms with E-state index in [1.807, 2.05) is 13.8 Å². The monoisotopic (exact) mass is 316 g/mol. The van der Waals surface area contributed by atoms with E-state index in [1.165, 1.54) is 6.92 Å². The molecular weight excluding hydrogens is 292 g/mol. The molecule has 0 spiro atoms. The van der Waals surface area contributed by atoms with Crippen molar-refractivity contribution >= 4 is 23.7 Å². The number of rotatable bonds is 9. The second-order valence-electron chi connectivity index (χ2n) is 5.55. The number of nitrogens with one attached hydrogen (secondary N) is 2. The Hall–Kier alpha value is -2.16. The first-order valence-electron chi connectivity index (χ1n) is 6.92. The maximum absolute atomic E-state index is 12.2. The van der Waals surface area contributed by atoms with Crippen LogP contribution in [0.25, 0.3) is 0 Å². The Morgan fingerprint density at radius 3 is 1.86 bits per heavy atom. The molecule has 0 aliphatic heterocycles. The van der Waals surface area contributed by atoms with E-state index in [4.69, 9.17) is 16.6 Å². The van der Waals surface area contributed by atoms with Crippen molar-refractivity contribution in [2.45, 2.75) is 51.7 Å². The van der Waals surface area contributed by atoms with Gasteiger partial charge in [-0.05, 0) is 19.3 Å². The van der Waals surface area contributed by atoms with E-state index in [9.17, 15) is 19.2 Å². The highest BCUT2D eigenvalue weighted by molar-refractivity contribution is 5.93. The first-order chi connectivity index (χ1) is 10.0. The minimum Gasteiger partial charge on any atom is -0.480 e. The number of carbonyl (C=O) groups excluding carboxylic acids is 3. The number of nitrogens with two attached hydrogens (primary N) is 2. The highest BCUT2D eigenvalue weighted by Crippen LogP contribution is 2.06. The van der Waals surface area contributed by atoms with Crippen molar-refractivity contribution < 1.29 is 24.3 Å². The molecule has 126 valence electrons. The lowest BCUT2D eigenvalue weighted by Crippen LogP contribution is -2.54. The van der Waals surface area contributed by atoms with Crippen molar-refractivity contribution in [1.29, 1.82) is 0 Å². The van der Waals surface area contributed by atoms with Crippen molar-refractivity contribution in [3.05, 3.63) is 0 Å². The third-order valence-electron chi connectivity index (χ3n) is 2.77. The van der Waals surface area contributed by atoms with Crippen molar-refractivity contribution in [3.63, 3.8) is 0 Å². The lowest BCUT2D eigenvalue weighted by molar-refractivity contribution is -0.143. The van der Waals surface area contributed by atoms with Crippen LogP contribution in [0.2, 0.25) is 0 Å². The molecule has 3 amide bonds. The van der Waals surface area contributed by atoms with Crippen molar-refractivity contribution in [3.8, 4) is 0 Å². The SMILES string of the molecule is CC(C)CC(NC(=O)C(C)N)C(=O)NC(CC(N)=O)C(=O)O. The van der Waals surface area contributed by atoms with Crippen molar-refractivity contribution in [1.82, 2.24) is 10.6 Å². The zero-order valence-electron chi connectivity index (χ0n) is 13.0. The zero-order valence-corrected chi connectivity index (χ0v) is 13.0. The number of carbonyl (C=O) groups is 4. The highest BCUT2D eigenvalue weighted by Gasteiger charge is 2.28. The van der Waals surface area contributed by atoms with E-state index in [1.54, 1.807) is 0 Å². The molecule has 0 aromatic rings. The van der Waals surface area contributed by atoms with Gasteiger partial charge in [-0.15, -0.1) is 0 Å². The Labute approximate surface area is 128 Å². The Morgan fingerprint density at radius 1 is 1.00 bits per heavy atom. The normalized spacial score (nSPS) is 14.8. The molecule has 0 aliphatic carbocycles. The van der Waals surface area contributed by atoms with Gasteiger partial charge in [0, 0.05) is 0 Å². The summed E-state index contributed by atoms with van der Waals surface area (Å²) in [6, 6.07) is -3.18. The first-order valence-corrected chi connectivity index (χ1v) is 6.92. The summed E-state index contributed by atoms with van der Waals surface area (Å²) in [4.78, 5) is 45.6. The summed E-state index contributed by atoms with van der Waals surface area (Å²) in [5, 5.41) is 13.6. The Kier molecular flexibility index (Phi) is 8.10. The van der Waals surface area contributed by atoms with Crippen molar-refractivity contribution in [2.75, 3.05) is 0 Å². The summed E-state index contributed by atoms with van der Waals surface area (Å²) in [5.74, 6) is -3.39. The van der Waals surface area contributed by atoms with Gasteiger partial charge in [-0.1, -0.05) is 13.8 Å². The molecule has 0 rings (SSSR count). The van der Waals surface area contributed by atoms with Crippen molar-refractivity contribution in [2.24, 2.45) is 17.4 Å². The third kappa shape index (κ3) is 7.58. The van der Waals surface area contributed by atoms with Gasteiger partial charge >= 0.3 is 5.97 Å². The number of carboxylic acid groups (broad SMARTS) is 1. The van der Waals surface area contributed by atoms with Gasteiger partial charge in [-0.25, -0.2) is 4.79 Å². The third-order valence-corrected chi connectivity index (χ3v) is 2.77. The average Bonchev–Trinajstić information content (AvgIpc) is 2.35. The van der Waals surface area contributed by atoms with Crippen LogP contribution >= 0.6 is 0 Å². The standard InChI is InChI=1S/C13H24N4O5/c1-6(2)4-8(16-11(19)7(3)14)12(20)17-9(13(21)22)5-10(15)18/h6-9H,4-5,14H2,1-3H3,(H2,15,18)(H,16,19)(H,17,20)(H,21,22). The fourth-order valence-electron chi connectivity index (χ4n) is 1.68. The number of carboxylic acids is 1. The van der Waals surface area contributed by atoms with Gasteiger partial charge in [-0.3, -0.25) is 14.4 Å². The number of primary amides is 1. The molecular formula is C13H24N4O5. The Bertz CT molecular complexity index is 436. The van der Waals surface area contributed by atoms with Gasteiger partial charge in [0.1, 0.15) is 12.1 Å². The Balaban J connectivity index is 4.96. The first kappa shape index (κ1) is 19.8. The van der Waals surface area contributed by atoms with Gasteiger partial charge in [0.05, 0.1) is 12.5 Å². The van der Waals surface area contributed by atoms with Crippen LogP contribution in [-0.4, -0.2) is 46.9 Å². The summed E-state index contributed by atoms with van der Waals surface area (Å²) >= 11 is 0. The number of hydrogen-bond acceptors (Lipinski definition) is 5. The Morgan fingerprint density at radius 2 is 1.50 bits per heavy atom. The maximum Gasteiger partial charge on any atom is 0.326 e. The van der Waals surface area contributed by atoms with Gasteiger partial charge in [-0.2, -0.15) is 0 Å². The molecule has 0 heterocycles. The van der Waals surface area contributed by atoms with Crippen LogP contribution in [0.1, 0.15) is 33.6 Å². The number of aliphatic carboxylic acids is 1. The van der Waals surface area contributed by atoms with Crippen LogP contribution in [0, 0.1) is 5.92 Å². The van der Waals surface area contributed by atoms with E-state index >= 15 is 0 Å². The fraction of sp³-hybridized carbons (Fsp3) is 0.692. The number of hydrogen-bond donors (Lipinski definition) is 5. The lowest BCUT2D eigenvalue weighted by atomic mass is 10.0. The van der Waals surface area contributed by atoms with Crippen LogP contribution in [0.3, 0.4) is 0 Å². The molecule has 0 saturated heterocycles. The summed E-state index contributed by atoms with van der Waals surface area (Å²) in [5.41, 5.74) is 10.4. The summed E-state index contributed by atoms with van der Waals surface area (Å²) in [6.45, 7) is 5.15. The van der Waals surface area contributed by atoms with E-state index in [0.29, 0.717) is 6.42 Å². The van der Waals surface area contributed by atoms with Gasteiger partial charge in [0.15, 0.2) is 0 Å². The molecule has 7 N–H and O–H groups in total. The summed E-state index contributed by atoms with van der Waals surface area (Å²) in [7, 11) is 0. The summed E-state index contributed by atoms with van der Waals surface area (Å²) in [6.07, 6.45) is -0.232. The molecule has 0 fully saturated rings. The zero-order chi connectivity index (χ0) is 17.4. The minimum atomic E-state index is -1.44. The molecule has 0 aromatic carbocycles. The highest BCUT2D eigenvalue weighted by atomic mass is 16.4. The molecule has 3 atom stereocenters. The second kappa shape index (κ2) is 8.98. The summed E-state index contributed by atoms with van der Waals surface area (Å²) < 4.78 is 0. The smallest absolute Gasteiger partial charge is 0.326 e. The number of amides is 3. The molecule has 0 radical (unpaired) electrons. The molecule has 0 bridgehead atoms. The van der Waals surface area contributed by atoms with Gasteiger partial charge in [0.25, 0.3) is 0 Å². The quantitative estimate of drug-likeness (QED) is 0.340. The fourth-order valence-corrected chi connectivity index (χ4v) is 1.68. The topological polar surface area (TPSA) is 165 Å². The molecule has 3 unspecified atom stereocenters. The van der Waals surface area contributed by atoms with Gasteiger partial charge < -0.3 is 27.2 Å². The van der Waals surface area contributed by atoms with Crippen LogP contribution in [-0.2, 0) is 19.2 Å². The minimum absolute atomic E-state index is 0.0727. The van der Waals surface area contributed by atoms with Gasteiger partial charge in [0.2, 0.25) is 17.7 Å². The molecule has 9 nitrogen and oxygen atoms in total. The van der Waals surface area contributed by atoms with E-state index in [-0.39, 0.29) is 5.92 Å². The average molecular weight is 316 g/mol. The maximum atomic E-state index is 12.2. The molecule has 9 heteroatoms. The molecule has 22 heavy (non-hydrogen) atoms. The van der Waals surface area contributed by atoms with Crippen LogP contribution in [0.5, 0.6) is 0 Å². The predicted molar refractivity (Wildman–Crippen MR) is 78.4 cm³/mol. The molecule has 0 saturated carbocycles. The molecule has 0 aliphatic rings. The van der Waals surface area contributed by atoms with E-state index in [2.05, 4.69) is 10.6 Å².